The van der Waals surface area contributed by atoms with Crippen LogP contribution in [0.2, 0.25) is 0 Å². The molecule has 6 nitrogen and oxygen atoms in total. The van der Waals surface area contributed by atoms with Crippen LogP contribution in [-0.4, -0.2) is 41.8 Å². The highest BCUT2D eigenvalue weighted by atomic mass is 32.1. The van der Waals surface area contributed by atoms with E-state index in [-0.39, 0.29) is 17.8 Å². The summed E-state index contributed by atoms with van der Waals surface area (Å²) in [5.74, 6) is -0.0297. The van der Waals surface area contributed by atoms with Crippen molar-refractivity contribution < 1.29 is 14.6 Å². The number of anilines is 2. The summed E-state index contributed by atoms with van der Waals surface area (Å²) in [5.41, 5.74) is 6.04. The van der Waals surface area contributed by atoms with Crippen molar-refractivity contribution in [2.45, 2.75) is 19.4 Å². The minimum absolute atomic E-state index is 0.211. The molecule has 1 aliphatic heterocycles. The summed E-state index contributed by atoms with van der Waals surface area (Å²) in [6.07, 6.45) is 0.553. The number of esters is 1. The second-order valence-corrected chi connectivity index (χ2v) is 5.23. The fourth-order valence-electron chi connectivity index (χ4n) is 2.17. The molecule has 3 N–H and O–H groups in total. The van der Waals surface area contributed by atoms with E-state index >= 15 is 0 Å². The summed E-state index contributed by atoms with van der Waals surface area (Å²) in [7, 11) is 1.33. The van der Waals surface area contributed by atoms with Crippen molar-refractivity contribution in [2.75, 3.05) is 30.8 Å². The van der Waals surface area contributed by atoms with Crippen LogP contribution in [0, 0.1) is 5.92 Å². The van der Waals surface area contributed by atoms with Crippen molar-refractivity contribution in [1.29, 1.82) is 0 Å². The van der Waals surface area contributed by atoms with E-state index in [9.17, 15) is 9.90 Å². The number of hydrogen-bond acceptors (Lipinski definition) is 7. The number of nitrogens with zero attached hydrogens (tertiary/aromatic N) is 2. The first-order chi connectivity index (χ1) is 8.54. The van der Waals surface area contributed by atoms with Crippen molar-refractivity contribution in [2.24, 2.45) is 5.92 Å². The van der Waals surface area contributed by atoms with E-state index < -0.39 is 5.97 Å². The second-order valence-electron chi connectivity index (χ2n) is 4.47. The molecular formula is C11H17N3O3S. The molecule has 1 saturated heterocycles. The van der Waals surface area contributed by atoms with E-state index in [2.05, 4.69) is 4.37 Å². The van der Waals surface area contributed by atoms with Gasteiger partial charge in [0.25, 0.3) is 0 Å². The van der Waals surface area contributed by atoms with Crippen molar-refractivity contribution >= 4 is 28.3 Å². The lowest BCUT2D eigenvalue weighted by molar-refractivity contribution is 0.0603. The van der Waals surface area contributed by atoms with Crippen LogP contribution in [0.3, 0.4) is 0 Å². The maximum atomic E-state index is 11.7. The quantitative estimate of drug-likeness (QED) is 0.787. The Balaban J connectivity index is 2.22. The maximum absolute atomic E-state index is 11.7. The molecule has 1 aliphatic rings. The van der Waals surface area contributed by atoms with Gasteiger partial charge in [-0.2, -0.15) is 4.37 Å². The van der Waals surface area contributed by atoms with Crippen molar-refractivity contribution in [3.63, 3.8) is 0 Å². The van der Waals surface area contributed by atoms with Crippen LogP contribution in [0.4, 0.5) is 10.8 Å². The Bertz CT molecular complexity index is 447. The topological polar surface area (TPSA) is 88.7 Å². The summed E-state index contributed by atoms with van der Waals surface area (Å²) < 4.78 is 8.74. The average molecular weight is 271 g/mol. The monoisotopic (exact) mass is 271 g/mol. The first kappa shape index (κ1) is 13.1. The maximum Gasteiger partial charge on any atom is 0.344 e. The predicted octanol–water partition coefficient (Wildman–Crippen LogP) is 0.719. The van der Waals surface area contributed by atoms with Gasteiger partial charge in [0.2, 0.25) is 0 Å². The van der Waals surface area contributed by atoms with Crippen LogP contribution in [0.15, 0.2) is 0 Å². The number of aromatic nitrogens is 1. The zero-order valence-electron chi connectivity index (χ0n) is 10.4. The Morgan fingerprint density at radius 2 is 2.44 bits per heavy atom. The van der Waals surface area contributed by atoms with Gasteiger partial charge in [-0.05, 0) is 24.9 Å². The Morgan fingerprint density at radius 3 is 3.00 bits per heavy atom. The molecule has 2 atom stereocenters. The highest BCUT2D eigenvalue weighted by Crippen LogP contribution is 2.35. The van der Waals surface area contributed by atoms with E-state index in [0.717, 1.165) is 18.0 Å². The molecule has 2 unspecified atom stereocenters. The van der Waals surface area contributed by atoms with Crippen LogP contribution in [-0.2, 0) is 4.74 Å². The lowest BCUT2D eigenvalue weighted by Crippen LogP contribution is -2.24. The first-order valence-corrected chi connectivity index (χ1v) is 6.58. The number of hydrogen-bond donors (Lipinski definition) is 2. The number of rotatable bonds is 3. The molecule has 2 rings (SSSR count). The van der Waals surface area contributed by atoms with Gasteiger partial charge in [0.1, 0.15) is 10.6 Å². The number of aliphatic hydroxyl groups is 1. The molecular weight excluding hydrogens is 254 g/mol. The van der Waals surface area contributed by atoms with Gasteiger partial charge in [0.05, 0.1) is 13.2 Å². The third kappa shape index (κ3) is 2.28. The van der Waals surface area contributed by atoms with Gasteiger partial charge in [-0.1, -0.05) is 0 Å². The van der Waals surface area contributed by atoms with Gasteiger partial charge in [0, 0.05) is 19.0 Å². The van der Waals surface area contributed by atoms with Gasteiger partial charge in [0.15, 0.2) is 5.82 Å². The summed E-state index contributed by atoms with van der Waals surface area (Å²) >= 11 is 1.20. The molecule has 0 radical (unpaired) electrons. The second kappa shape index (κ2) is 5.11. The normalized spacial score (nSPS) is 21.1. The molecule has 7 heteroatoms. The lowest BCUT2D eigenvalue weighted by atomic mass is 10.0. The van der Waals surface area contributed by atoms with Crippen LogP contribution in [0.25, 0.3) is 0 Å². The van der Waals surface area contributed by atoms with Crippen molar-refractivity contribution in [1.82, 2.24) is 4.37 Å². The van der Waals surface area contributed by atoms with Crippen LogP contribution >= 0.6 is 11.5 Å². The van der Waals surface area contributed by atoms with Crippen LogP contribution in [0.5, 0.6) is 0 Å². The summed E-state index contributed by atoms with van der Waals surface area (Å²) in [6, 6.07) is 0. The number of aliphatic hydroxyl groups excluding tert-OH is 1. The molecule has 1 aromatic heterocycles. The lowest BCUT2D eigenvalue weighted by Gasteiger charge is -2.18. The average Bonchev–Trinajstić information content (AvgIpc) is 2.94. The summed E-state index contributed by atoms with van der Waals surface area (Å²) in [4.78, 5) is 13.7. The first-order valence-electron chi connectivity index (χ1n) is 5.81. The van der Waals surface area contributed by atoms with E-state index in [4.69, 9.17) is 10.5 Å². The Morgan fingerprint density at radius 1 is 1.72 bits per heavy atom. The van der Waals surface area contributed by atoms with E-state index in [1.807, 2.05) is 4.90 Å². The molecule has 18 heavy (non-hydrogen) atoms. The molecule has 1 fully saturated rings. The van der Waals surface area contributed by atoms with Gasteiger partial charge < -0.3 is 20.5 Å². The minimum Gasteiger partial charge on any atom is -0.465 e. The molecule has 0 saturated carbocycles. The minimum atomic E-state index is -0.461. The SMILES string of the molecule is COC(=O)c1c(N)nsc1N1CCC(C(C)O)C1. The highest BCUT2D eigenvalue weighted by Gasteiger charge is 2.31. The number of ether oxygens (including phenoxy) is 1. The van der Waals surface area contributed by atoms with Crippen molar-refractivity contribution in [3.05, 3.63) is 5.56 Å². The molecule has 2 heterocycles. The largest absolute Gasteiger partial charge is 0.465 e. The molecule has 0 spiro atoms. The predicted molar refractivity (Wildman–Crippen MR) is 69.9 cm³/mol. The smallest absolute Gasteiger partial charge is 0.344 e. The number of nitrogens with two attached hydrogens (primary N) is 1. The van der Waals surface area contributed by atoms with Crippen LogP contribution < -0.4 is 10.6 Å². The van der Waals surface area contributed by atoms with Gasteiger partial charge in [-0.25, -0.2) is 4.79 Å². The molecule has 100 valence electrons. The molecule has 1 aromatic rings. The van der Waals surface area contributed by atoms with Gasteiger partial charge in [-0.3, -0.25) is 0 Å². The third-order valence-electron chi connectivity index (χ3n) is 3.28. The molecule has 0 aromatic carbocycles. The number of methoxy groups -OCH3 is 1. The van der Waals surface area contributed by atoms with Crippen molar-refractivity contribution in [3.8, 4) is 0 Å². The zero-order valence-corrected chi connectivity index (χ0v) is 11.2. The van der Waals surface area contributed by atoms with E-state index in [1.165, 1.54) is 18.6 Å². The van der Waals surface area contributed by atoms with E-state index in [0.29, 0.717) is 12.1 Å². The standard InChI is InChI=1S/C11H17N3O3S/c1-6(15)7-3-4-14(5-7)10-8(11(16)17-2)9(12)13-18-10/h6-7,15H,3-5H2,1-2H3,(H2,12,13). The summed E-state index contributed by atoms with van der Waals surface area (Å²) in [5, 5.41) is 10.3. The van der Waals surface area contributed by atoms with E-state index in [1.54, 1.807) is 6.92 Å². The third-order valence-corrected chi connectivity index (χ3v) is 4.21. The highest BCUT2D eigenvalue weighted by molar-refractivity contribution is 7.11. The van der Waals surface area contributed by atoms with Crippen LogP contribution in [0.1, 0.15) is 23.7 Å². The Labute approximate surface area is 110 Å². The van der Waals surface area contributed by atoms with Gasteiger partial charge >= 0.3 is 5.97 Å². The fourth-order valence-corrected chi connectivity index (χ4v) is 3.01. The number of carbonyl (C=O) groups excluding carboxylic acids is 1. The molecule has 0 aliphatic carbocycles. The fraction of sp³-hybridized carbons (Fsp3) is 0.636. The van der Waals surface area contributed by atoms with Gasteiger partial charge in [-0.15, -0.1) is 0 Å². The number of nitrogen functional groups attached to an aromatic ring is 1. The molecule has 0 bridgehead atoms. The summed E-state index contributed by atoms with van der Waals surface area (Å²) in [6.45, 7) is 3.29. The Hall–Kier alpha value is -1.34. The zero-order chi connectivity index (χ0) is 13.3. The Kier molecular flexibility index (Phi) is 3.72. The molecule has 0 amide bonds. The number of carbonyl (C=O) groups is 1.